The van der Waals surface area contributed by atoms with Gasteiger partial charge in [0.15, 0.2) is 0 Å². The van der Waals surface area contributed by atoms with Gasteiger partial charge in [0.2, 0.25) is 5.91 Å². The van der Waals surface area contributed by atoms with Gasteiger partial charge >= 0.3 is 5.97 Å². The molecule has 0 unspecified atom stereocenters. The van der Waals surface area contributed by atoms with Crippen LogP contribution in [-0.2, 0) is 16.0 Å². The predicted octanol–water partition coefficient (Wildman–Crippen LogP) is 2.10. The number of aryl methyl sites for hydroxylation is 1. The van der Waals surface area contributed by atoms with E-state index in [9.17, 15) is 14.4 Å². The summed E-state index contributed by atoms with van der Waals surface area (Å²) in [6, 6.07) is 13.9. The van der Waals surface area contributed by atoms with Crippen molar-refractivity contribution in [3.05, 3.63) is 59.7 Å². The highest BCUT2D eigenvalue weighted by Crippen LogP contribution is 2.18. The van der Waals surface area contributed by atoms with E-state index in [0.29, 0.717) is 30.7 Å². The van der Waals surface area contributed by atoms with Crippen LogP contribution in [0, 0.1) is 0 Å². The SMILES string of the molecule is COc1ccccc1CCC(=O)NCCNC(=O)c1cccc(OC(C)=O)c1. The van der Waals surface area contributed by atoms with E-state index in [1.807, 2.05) is 24.3 Å². The van der Waals surface area contributed by atoms with E-state index in [1.54, 1.807) is 25.3 Å². The Balaban J connectivity index is 1.71. The Kier molecular flexibility index (Phi) is 8.02. The molecule has 2 aromatic carbocycles. The van der Waals surface area contributed by atoms with Crippen molar-refractivity contribution in [1.82, 2.24) is 10.6 Å². The third-order valence-electron chi connectivity index (χ3n) is 3.90. The quantitative estimate of drug-likeness (QED) is 0.392. The third-order valence-corrected chi connectivity index (χ3v) is 3.90. The summed E-state index contributed by atoms with van der Waals surface area (Å²) in [5, 5.41) is 5.48. The van der Waals surface area contributed by atoms with Crippen LogP contribution in [0.3, 0.4) is 0 Å². The van der Waals surface area contributed by atoms with Crippen molar-refractivity contribution in [2.45, 2.75) is 19.8 Å². The van der Waals surface area contributed by atoms with Gasteiger partial charge in [0.05, 0.1) is 7.11 Å². The van der Waals surface area contributed by atoms with Gasteiger partial charge in [-0.1, -0.05) is 24.3 Å². The number of hydrogen-bond donors (Lipinski definition) is 2. The topological polar surface area (TPSA) is 93.7 Å². The first kappa shape index (κ1) is 21.0. The van der Waals surface area contributed by atoms with Gasteiger partial charge in [0.25, 0.3) is 5.91 Å². The Labute approximate surface area is 164 Å². The second-order valence-corrected chi connectivity index (χ2v) is 6.04. The van der Waals surface area contributed by atoms with E-state index in [2.05, 4.69) is 10.6 Å². The molecule has 0 fully saturated rings. The van der Waals surface area contributed by atoms with Gasteiger partial charge in [-0.25, -0.2) is 0 Å². The van der Waals surface area contributed by atoms with E-state index < -0.39 is 5.97 Å². The minimum atomic E-state index is -0.451. The van der Waals surface area contributed by atoms with Gasteiger partial charge in [-0.15, -0.1) is 0 Å². The summed E-state index contributed by atoms with van der Waals surface area (Å²) in [5.41, 5.74) is 1.35. The molecule has 0 saturated carbocycles. The number of ether oxygens (including phenoxy) is 2. The molecule has 0 radical (unpaired) electrons. The number of amides is 2. The largest absolute Gasteiger partial charge is 0.496 e. The lowest BCUT2D eigenvalue weighted by Crippen LogP contribution is -2.34. The second kappa shape index (κ2) is 10.7. The van der Waals surface area contributed by atoms with E-state index in [1.165, 1.54) is 13.0 Å². The molecule has 2 amide bonds. The van der Waals surface area contributed by atoms with Crippen molar-refractivity contribution in [3.8, 4) is 11.5 Å². The fourth-order valence-corrected chi connectivity index (χ4v) is 2.59. The van der Waals surface area contributed by atoms with Gasteiger partial charge in [-0.3, -0.25) is 14.4 Å². The highest BCUT2D eigenvalue weighted by molar-refractivity contribution is 5.94. The number of para-hydroxylation sites is 1. The molecule has 0 aromatic heterocycles. The van der Waals surface area contributed by atoms with Gasteiger partial charge in [0, 0.05) is 32.0 Å². The lowest BCUT2D eigenvalue weighted by atomic mass is 10.1. The summed E-state index contributed by atoms with van der Waals surface area (Å²) in [5.74, 6) is 0.214. The standard InChI is InChI=1S/C21H24N2O5/c1-15(24)28-18-8-5-7-17(14-18)21(26)23-13-12-22-20(25)11-10-16-6-3-4-9-19(16)27-2/h3-9,14H,10-13H2,1-2H3,(H,22,25)(H,23,26). The number of esters is 1. The molecular formula is C21H24N2O5. The summed E-state index contributed by atoms with van der Waals surface area (Å²) in [6.07, 6.45) is 0.907. The van der Waals surface area contributed by atoms with Gasteiger partial charge < -0.3 is 20.1 Å². The fraction of sp³-hybridized carbons (Fsp3) is 0.286. The molecule has 2 N–H and O–H groups in total. The van der Waals surface area contributed by atoms with Gasteiger partial charge in [-0.2, -0.15) is 0 Å². The smallest absolute Gasteiger partial charge is 0.308 e. The molecule has 0 spiro atoms. The van der Waals surface area contributed by atoms with Crippen molar-refractivity contribution >= 4 is 17.8 Å². The third kappa shape index (κ3) is 6.75. The van der Waals surface area contributed by atoms with Crippen LogP contribution < -0.4 is 20.1 Å². The van der Waals surface area contributed by atoms with Crippen LogP contribution >= 0.6 is 0 Å². The molecule has 2 aromatic rings. The molecule has 2 rings (SSSR count). The number of methoxy groups -OCH3 is 1. The molecule has 0 aliphatic rings. The zero-order valence-electron chi connectivity index (χ0n) is 16.0. The predicted molar refractivity (Wildman–Crippen MR) is 104 cm³/mol. The van der Waals surface area contributed by atoms with Crippen molar-refractivity contribution < 1.29 is 23.9 Å². The Morgan fingerprint density at radius 1 is 0.964 bits per heavy atom. The molecule has 7 nitrogen and oxygen atoms in total. The number of hydrogen-bond acceptors (Lipinski definition) is 5. The molecule has 7 heteroatoms. The lowest BCUT2D eigenvalue weighted by molar-refractivity contribution is -0.131. The summed E-state index contributed by atoms with van der Waals surface area (Å²) in [6.45, 7) is 1.90. The van der Waals surface area contributed by atoms with Crippen LogP contribution in [0.1, 0.15) is 29.3 Å². The monoisotopic (exact) mass is 384 g/mol. The Hall–Kier alpha value is -3.35. The van der Waals surface area contributed by atoms with Crippen molar-refractivity contribution in [3.63, 3.8) is 0 Å². The summed E-state index contributed by atoms with van der Waals surface area (Å²) in [4.78, 5) is 35.1. The highest BCUT2D eigenvalue weighted by atomic mass is 16.5. The maximum absolute atomic E-state index is 12.1. The second-order valence-electron chi connectivity index (χ2n) is 6.04. The number of carbonyl (C=O) groups is 3. The van der Waals surface area contributed by atoms with E-state index in [0.717, 1.165) is 11.3 Å². The maximum Gasteiger partial charge on any atom is 0.308 e. The fourth-order valence-electron chi connectivity index (χ4n) is 2.59. The van der Waals surface area contributed by atoms with E-state index >= 15 is 0 Å². The Bertz CT molecular complexity index is 835. The first-order valence-electron chi connectivity index (χ1n) is 8.95. The first-order chi connectivity index (χ1) is 13.5. The summed E-state index contributed by atoms with van der Waals surface area (Å²) >= 11 is 0. The number of carbonyl (C=O) groups excluding carboxylic acids is 3. The minimum absolute atomic E-state index is 0.1000. The van der Waals surface area contributed by atoms with Crippen LogP contribution in [-0.4, -0.2) is 38.0 Å². The number of benzene rings is 2. The molecule has 0 atom stereocenters. The molecule has 148 valence electrons. The molecule has 0 aliphatic heterocycles. The number of rotatable bonds is 9. The molecule has 0 bridgehead atoms. The van der Waals surface area contributed by atoms with Crippen LogP contribution in [0.25, 0.3) is 0 Å². The molecular weight excluding hydrogens is 360 g/mol. The van der Waals surface area contributed by atoms with Crippen molar-refractivity contribution in [2.75, 3.05) is 20.2 Å². The van der Waals surface area contributed by atoms with Gasteiger partial charge in [-0.05, 0) is 36.2 Å². The summed E-state index contributed by atoms with van der Waals surface area (Å²) < 4.78 is 10.2. The van der Waals surface area contributed by atoms with Crippen molar-refractivity contribution in [1.29, 1.82) is 0 Å². The minimum Gasteiger partial charge on any atom is -0.496 e. The average molecular weight is 384 g/mol. The molecule has 0 heterocycles. The van der Waals surface area contributed by atoms with Gasteiger partial charge in [0.1, 0.15) is 11.5 Å². The van der Waals surface area contributed by atoms with Crippen molar-refractivity contribution in [2.24, 2.45) is 0 Å². The van der Waals surface area contributed by atoms with E-state index in [-0.39, 0.29) is 18.4 Å². The zero-order valence-corrected chi connectivity index (χ0v) is 16.0. The Morgan fingerprint density at radius 3 is 2.46 bits per heavy atom. The van der Waals surface area contributed by atoms with Crippen LogP contribution in [0.2, 0.25) is 0 Å². The van der Waals surface area contributed by atoms with Crippen LogP contribution in [0.4, 0.5) is 0 Å². The Morgan fingerprint density at radius 2 is 1.71 bits per heavy atom. The normalized spacial score (nSPS) is 10.1. The first-order valence-corrected chi connectivity index (χ1v) is 8.95. The highest BCUT2D eigenvalue weighted by Gasteiger charge is 2.09. The molecule has 0 saturated heterocycles. The summed E-state index contributed by atoms with van der Waals surface area (Å²) in [7, 11) is 1.60. The number of nitrogens with one attached hydrogen (secondary N) is 2. The lowest BCUT2D eigenvalue weighted by Gasteiger charge is -2.09. The maximum atomic E-state index is 12.1. The zero-order chi connectivity index (χ0) is 20.4. The van der Waals surface area contributed by atoms with E-state index in [4.69, 9.17) is 9.47 Å². The van der Waals surface area contributed by atoms with Crippen LogP contribution in [0.5, 0.6) is 11.5 Å². The molecule has 0 aliphatic carbocycles. The molecule has 28 heavy (non-hydrogen) atoms. The average Bonchev–Trinajstić information content (AvgIpc) is 2.69. The van der Waals surface area contributed by atoms with Crippen LogP contribution in [0.15, 0.2) is 48.5 Å².